The molecule has 0 atom stereocenters. The molecule has 1 aliphatic rings. The van der Waals surface area contributed by atoms with Gasteiger partial charge in [0.15, 0.2) is 11.8 Å². The molecule has 0 radical (unpaired) electrons. The Balaban J connectivity index is 2.00. The Morgan fingerprint density at radius 2 is 2.33 bits per heavy atom. The Bertz CT molecular complexity index is 372. The van der Waals surface area contributed by atoms with Crippen molar-refractivity contribution in [2.45, 2.75) is 13.5 Å². The highest BCUT2D eigenvalue weighted by molar-refractivity contribution is 5.80. The first-order chi connectivity index (χ1) is 7.16. The summed E-state index contributed by atoms with van der Waals surface area (Å²) in [4.78, 5) is 12.7. The first kappa shape index (κ1) is 9.95. The van der Waals surface area contributed by atoms with Crippen LogP contribution in [0.2, 0.25) is 0 Å². The van der Waals surface area contributed by atoms with Crippen LogP contribution in [0.5, 0.6) is 0 Å². The molecular formula is C9H15N5O. The number of aliphatic imine (C=N–C) groups is 1. The van der Waals surface area contributed by atoms with E-state index in [1.807, 2.05) is 19.0 Å². The SMILES string of the molecule is Cc1nc(CN(C)C2=NCCN2C)no1. The maximum Gasteiger partial charge on any atom is 0.223 e. The van der Waals surface area contributed by atoms with Crippen molar-refractivity contribution in [2.75, 3.05) is 27.2 Å². The third-order valence-corrected chi connectivity index (χ3v) is 2.32. The minimum atomic E-state index is 0.597. The summed E-state index contributed by atoms with van der Waals surface area (Å²) in [5.74, 6) is 2.27. The molecule has 0 saturated carbocycles. The molecule has 0 aromatic carbocycles. The number of hydrogen-bond donors (Lipinski definition) is 0. The lowest BCUT2D eigenvalue weighted by molar-refractivity contribution is 0.366. The Morgan fingerprint density at radius 3 is 2.87 bits per heavy atom. The maximum atomic E-state index is 4.91. The first-order valence-electron chi connectivity index (χ1n) is 4.93. The van der Waals surface area contributed by atoms with Gasteiger partial charge in [-0.2, -0.15) is 4.98 Å². The second-order valence-corrected chi connectivity index (χ2v) is 3.69. The zero-order chi connectivity index (χ0) is 10.8. The standard InChI is InChI=1S/C9H15N5O/c1-7-11-8(12-15-7)6-14(3)9-10-4-5-13(9)2/h4-6H2,1-3H3. The van der Waals surface area contributed by atoms with Crippen LogP contribution in [0.15, 0.2) is 9.52 Å². The van der Waals surface area contributed by atoms with Crippen LogP contribution in [0.1, 0.15) is 11.7 Å². The van der Waals surface area contributed by atoms with Gasteiger partial charge in [-0.3, -0.25) is 4.99 Å². The minimum Gasteiger partial charge on any atom is -0.344 e. The van der Waals surface area contributed by atoms with E-state index in [0.29, 0.717) is 18.3 Å². The molecule has 0 bridgehead atoms. The van der Waals surface area contributed by atoms with Gasteiger partial charge in [0.2, 0.25) is 5.89 Å². The van der Waals surface area contributed by atoms with Crippen molar-refractivity contribution >= 4 is 5.96 Å². The van der Waals surface area contributed by atoms with Crippen molar-refractivity contribution in [1.29, 1.82) is 0 Å². The fourth-order valence-electron chi connectivity index (χ4n) is 1.62. The number of likely N-dealkylation sites (N-methyl/N-ethyl adjacent to an activating group) is 1. The number of guanidine groups is 1. The van der Waals surface area contributed by atoms with E-state index >= 15 is 0 Å². The quantitative estimate of drug-likeness (QED) is 0.692. The predicted octanol–water partition coefficient (Wildman–Crippen LogP) is 0.111. The smallest absolute Gasteiger partial charge is 0.223 e. The summed E-state index contributed by atoms with van der Waals surface area (Å²) in [6.07, 6.45) is 0. The highest BCUT2D eigenvalue weighted by Gasteiger charge is 2.18. The summed E-state index contributed by atoms with van der Waals surface area (Å²) in [5.41, 5.74) is 0. The van der Waals surface area contributed by atoms with Crippen molar-refractivity contribution in [3.8, 4) is 0 Å². The molecule has 0 fully saturated rings. The molecule has 0 unspecified atom stereocenters. The van der Waals surface area contributed by atoms with Gasteiger partial charge in [0.25, 0.3) is 0 Å². The lowest BCUT2D eigenvalue weighted by Crippen LogP contribution is -2.37. The van der Waals surface area contributed by atoms with Crippen molar-refractivity contribution in [3.05, 3.63) is 11.7 Å². The van der Waals surface area contributed by atoms with E-state index in [1.165, 1.54) is 0 Å². The van der Waals surface area contributed by atoms with Gasteiger partial charge >= 0.3 is 0 Å². The summed E-state index contributed by atoms with van der Waals surface area (Å²) < 4.78 is 4.91. The summed E-state index contributed by atoms with van der Waals surface area (Å²) in [6.45, 7) is 4.25. The number of aryl methyl sites for hydroxylation is 1. The largest absolute Gasteiger partial charge is 0.344 e. The van der Waals surface area contributed by atoms with Gasteiger partial charge in [-0.15, -0.1) is 0 Å². The monoisotopic (exact) mass is 209 g/mol. The lowest BCUT2D eigenvalue weighted by atomic mass is 10.5. The van der Waals surface area contributed by atoms with E-state index in [-0.39, 0.29) is 0 Å². The second kappa shape index (κ2) is 3.88. The van der Waals surface area contributed by atoms with Gasteiger partial charge in [-0.1, -0.05) is 5.16 Å². The number of rotatable bonds is 2. The molecule has 6 heteroatoms. The Hall–Kier alpha value is -1.59. The summed E-state index contributed by atoms with van der Waals surface area (Å²) >= 11 is 0. The van der Waals surface area contributed by atoms with Crippen LogP contribution < -0.4 is 0 Å². The topological polar surface area (TPSA) is 57.8 Å². The first-order valence-corrected chi connectivity index (χ1v) is 4.93. The number of hydrogen-bond acceptors (Lipinski definition) is 6. The van der Waals surface area contributed by atoms with Crippen molar-refractivity contribution < 1.29 is 4.52 Å². The minimum absolute atomic E-state index is 0.597. The van der Waals surface area contributed by atoms with Gasteiger partial charge in [-0.05, 0) is 0 Å². The Kier molecular flexibility index (Phi) is 2.57. The van der Waals surface area contributed by atoms with Gasteiger partial charge < -0.3 is 14.3 Å². The average molecular weight is 209 g/mol. The average Bonchev–Trinajstić information content (AvgIpc) is 2.75. The molecule has 0 saturated heterocycles. The van der Waals surface area contributed by atoms with Crippen LogP contribution in [-0.4, -0.2) is 53.1 Å². The van der Waals surface area contributed by atoms with Crippen LogP contribution in [0.3, 0.4) is 0 Å². The third kappa shape index (κ3) is 2.08. The zero-order valence-corrected chi connectivity index (χ0v) is 9.27. The normalized spacial score (nSPS) is 15.7. The highest BCUT2D eigenvalue weighted by atomic mass is 16.5. The van der Waals surface area contributed by atoms with E-state index in [0.717, 1.165) is 19.0 Å². The van der Waals surface area contributed by atoms with E-state index in [2.05, 4.69) is 20.0 Å². The summed E-state index contributed by atoms with van der Waals surface area (Å²) in [7, 11) is 4.01. The maximum absolute atomic E-state index is 4.91. The third-order valence-electron chi connectivity index (χ3n) is 2.32. The van der Waals surface area contributed by atoms with Crippen LogP contribution in [0.25, 0.3) is 0 Å². The van der Waals surface area contributed by atoms with E-state index < -0.39 is 0 Å². The summed E-state index contributed by atoms with van der Waals surface area (Å²) in [6, 6.07) is 0. The van der Waals surface area contributed by atoms with E-state index in [4.69, 9.17) is 4.52 Å². The molecule has 0 amide bonds. The second-order valence-electron chi connectivity index (χ2n) is 3.69. The molecule has 15 heavy (non-hydrogen) atoms. The molecule has 0 spiro atoms. The molecule has 1 aromatic heterocycles. The number of aromatic nitrogens is 2. The molecule has 1 aromatic rings. The molecular weight excluding hydrogens is 194 g/mol. The molecule has 0 aliphatic carbocycles. The van der Waals surface area contributed by atoms with Gasteiger partial charge in [-0.25, -0.2) is 0 Å². The van der Waals surface area contributed by atoms with Crippen molar-refractivity contribution in [1.82, 2.24) is 19.9 Å². The van der Waals surface area contributed by atoms with Crippen molar-refractivity contribution in [3.63, 3.8) is 0 Å². The van der Waals surface area contributed by atoms with Crippen LogP contribution in [0, 0.1) is 6.92 Å². The highest BCUT2D eigenvalue weighted by Crippen LogP contribution is 2.05. The molecule has 2 rings (SSSR count). The van der Waals surface area contributed by atoms with Gasteiger partial charge in [0, 0.05) is 27.6 Å². The summed E-state index contributed by atoms with van der Waals surface area (Å²) in [5, 5.41) is 3.85. The molecule has 82 valence electrons. The van der Waals surface area contributed by atoms with E-state index in [9.17, 15) is 0 Å². The fraction of sp³-hybridized carbons (Fsp3) is 0.667. The lowest BCUT2D eigenvalue weighted by Gasteiger charge is -2.23. The molecule has 6 nitrogen and oxygen atoms in total. The zero-order valence-electron chi connectivity index (χ0n) is 9.27. The van der Waals surface area contributed by atoms with Crippen LogP contribution in [-0.2, 0) is 6.54 Å². The molecule has 0 N–H and O–H groups in total. The van der Waals surface area contributed by atoms with Crippen LogP contribution >= 0.6 is 0 Å². The van der Waals surface area contributed by atoms with Crippen LogP contribution in [0.4, 0.5) is 0 Å². The Morgan fingerprint density at radius 1 is 1.53 bits per heavy atom. The fourth-order valence-corrected chi connectivity index (χ4v) is 1.62. The molecule has 2 heterocycles. The van der Waals surface area contributed by atoms with Gasteiger partial charge in [0.05, 0.1) is 13.1 Å². The Labute approximate surface area is 88.6 Å². The molecule has 1 aliphatic heterocycles. The van der Waals surface area contributed by atoms with E-state index in [1.54, 1.807) is 6.92 Å². The predicted molar refractivity (Wildman–Crippen MR) is 55.4 cm³/mol. The number of nitrogens with zero attached hydrogens (tertiary/aromatic N) is 5. The van der Waals surface area contributed by atoms with Crippen molar-refractivity contribution in [2.24, 2.45) is 4.99 Å². The van der Waals surface area contributed by atoms with Gasteiger partial charge in [0.1, 0.15) is 0 Å².